The second-order valence-corrected chi connectivity index (χ2v) is 5.83. The molecular formula is C18H20FN5. The minimum absolute atomic E-state index is 0.259. The van der Waals surface area contributed by atoms with Crippen molar-refractivity contribution in [3.05, 3.63) is 54.3 Å². The number of aromatic nitrogens is 3. The van der Waals surface area contributed by atoms with Gasteiger partial charge in [-0.05, 0) is 36.4 Å². The summed E-state index contributed by atoms with van der Waals surface area (Å²) in [6, 6.07) is 14.4. The molecular weight excluding hydrogens is 305 g/mol. The fraction of sp³-hybridized carbons (Fsp3) is 0.222. The molecule has 124 valence electrons. The Bertz CT molecular complexity index is 839. The highest BCUT2D eigenvalue weighted by Gasteiger charge is 2.18. The van der Waals surface area contributed by atoms with Gasteiger partial charge in [-0.15, -0.1) is 10.2 Å². The first kappa shape index (κ1) is 16.0. The molecule has 0 saturated heterocycles. The molecule has 0 radical (unpaired) electrons. The lowest BCUT2D eigenvalue weighted by Gasteiger charge is -2.19. The third kappa shape index (κ3) is 2.82. The van der Waals surface area contributed by atoms with Crippen LogP contribution in [0.4, 0.5) is 21.7 Å². The minimum Gasteiger partial charge on any atom is -0.377 e. The van der Waals surface area contributed by atoms with Gasteiger partial charge < -0.3 is 9.80 Å². The molecule has 0 unspecified atom stereocenters. The molecule has 3 aromatic rings. The number of rotatable bonds is 4. The molecule has 2 aromatic carbocycles. The standard InChI is InChI=1S/C18H20FN5/c1-22(2)16-8-6-5-7-15(16)17-20-21-18(24(17)4)23(3)14-11-9-13(19)10-12-14/h5-12H,1-4H3. The first-order valence-corrected chi connectivity index (χ1v) is 7.64. The summed E-state index contributed by atoms with van der Waals surface area (Å²) in [7, 11) is 7.82. The summed E-state index contributed by atoms with van der Waals surface area (Å²) in [4.78, 5) is 3.93. The molecule has 0 fully saturated rings. The van der Waals surface area contributed by atoms with Crippen molar-refractivity contribution in [1.82, 2.24) is 14.8 Å². The molecule has 0 aliphatic rings. The van der Waals surface area contributed by atoms with Gasteiger partial charge in [0.25, 0.3) is 0 Å². The van der Waals surface area contributed by atoms with Crippen LogP contribution in [0.1, 0.15) is 0 Å². The van der Waals surface area contributed by atoms with Crippen LogP contribution in [0.5, 0.6) is 0 Å². The van der Waals surface area contributed by atoms with Crippen molar-refractivity contribution >= 4 is 17.3 Å². The van der Waals surface area contributed by atoms with Crippen LogP contribution in [-0.2, 0) is 7.05 Å². The van der Waals surface area contributed by atoms with E-state index in [0.29, 0.717) is 5.95 Å². The van der Waals surface area contributed by atoms with E-state index in [0.717, 1.165) is 22.8 Å². The second kappa shape index (κ2) is 6.31. The van der Waals surface area contributed by atoms with Crippen LogP contribution in [0.2, 0.25) is 0 Å². The van der Waals surface area contributed by atoms with Crippen molar-refractivity contribution in [2.24, 2.45) is 7.05 Å². The van der Waals surface area contributed by atoms with E-state index in [1.54, 1.807) is 12.1 Å². The van der Waals surface area contributed by atoms with E-state index in [2.05, 4.69) is 10.2 Å². The molecule has 6 heteroatoms. The van der Waals surface area contributed by atoms with E-state index in [-0.39, 0.29) is 5.82 Å². The fourth-order valence-electron chi connectivity index (χ4n) is 2.68. The Kier molecular flexibility index (Phi) is 4.20. The molecule has 0 spiro atoms. The molecule has 1 heterocycles. The van der Waals surface area contributed by atoms with Crippen LogP contribution in [0.25, 0.3) is 11.4 Å². The summed E-state index contributed by atoms with van der Waals surface area (Å²) in [6.07, 6.45) is 0. The van der Waals surface area contributed by atoms with Gasteiger partial charge in [0.15, 0.2) is 5.82 Å². The maximum Gasteiger partial charge on any atom is 0.231 e. The maximum absolute atomic E-state index is 13.1. The molecule has 0 bridgehead atoms. The highest BCUT2D eigenvalue weighted by molar-refractivity contribution is 5.75. The highest BCUT2D eigenvalue weighted by atomic mass is 19.1. The number of anilines is 3. The van der Waals surface area contributed by atoms with E-state index in [1.807, 2.05) is 66.8 Å². The van der Waals surface area contributed by atoms with E-state index >= 15 is 0 Å². The first-order chi connectivity index (χ1) is 11.5. The largest absolute Gasteiger partial charge is 0.377 e. The van der Waals surface area contributed by atoms with E-state index in [9.17, 15) is 4.39 Å². The summed E-state index contributed by atoms with van der Waals surface area (Å²) < 4.78 is 15.1. The fourth-order valence-corrected chi connectivity index (χ4v) is 2.68. The SMILES string of the molecule is CN(C)c1ccccc1-c1nnc(N(C)c2ccc(F)cc2)n1C. The Labute approximate surface area is 141 Å². The van der Waals surface area contributed by atoms with Gasteiger partial charge in [-0.3, -0.25) is 4.57 Å². The first-order valence-electron chi connectivity index (χ1n) is 7.64. The summed E-state index contributed by atoms with van der Waals surface area (Å²) >= 11 is 0. The average molecular weight is 325 g/mol. The third-order valence-corrected chi connectivity index (χ3v) is 3.99. The molecule has 0 N–H and O–H groups in total. The van der Waals surface area contributed by atoms with E-state index in [4.69, 9.17) is 0 Å². The average Bonchev–Trinajstić information content (AvgIpc) is 2.96. The highest BCUT2D eigenvalue weighted by Crippen LogP contribution is 2.31. The Morgan fingerprint density at radius 1 is 0.917 bits per heavy atom. The van der Waals surface area contributed by atoms with E-state index in [1.165, 1.54) is 12.1 Å². The number of para-hydroxylation sites is 1. The molecule has 0 amide bonds. The Hall–Kier alpha value is -2.89. The zero-order valence-electron chi connectivity index (χ0n) is 14.2. The number of nitrogens with zero attached hydrogens (tertiary/aromatic N) is 5. The van der Waals surface area contributed by atoms with Gasteiger partial charge in [0, 0.05) is 45.1 Å². The zero-order valence-corrected chi connectivity index (χ0v) is 14.2. The smallest absolute Gasteiger partial charge is 0.231 e. The molecule has 0 aliphatic heterocycles. The number of hydrogen-bond donors (Lipinski definition) is 0. The summed E-state index contributed by atoms with van der Waals surface area (Å²) in [5.74, 6) is 1.21. The molecule has 5 nitrogen and oxygen atoms in total. The topological polar surface area (TPSA) is 37.2 Å². The summed E-state index contributed by atoms with van der Waals surface area (Å²) in [5, 5.41) is 8.68. The third-order valence-electron chi connectivity index (χ3n) is 3.99. The second-order valence-electron chi connectivity index (χ2n) is 5.83. The van der Waals surface area contributed by atoms with Gasteiger partial charge >= 0.3 is 0 Å². The lowest BCUT2D eigenvalue weighted by Crippen LogP contribution is -2.15. The van der Waals surface area contributed by atoms with Gasteiger partial charge in [0.05, 0.1) is 0 Å². The lowest BCUT2D eigenvalue weighted by atomic mass is 10.1. The maximum atomic E-state index is 13.1. The quantitative estimate of drug-likeness (QED) is 0.736. The molecule has 24 heavy (non-hydrogen) atoms. The monoisotopic (exact) mass is 325 g/mol. The van der Waals surface area contributed by atoms with Gasteiger partial charge in [-0.1, -0.05) is 12.1 Å². The van der Waals surface area contributed by atoms with Gasteiger partial charge in [-0.2, -0.15) is 0 Å². The molecule has 3 rings (SSSR count). The number of benzene rings is 2. The van der Waals surface area contributed by atoms with Crippen molar-refractivity contribution < 1.29 is 4.39 Å². The van der Waals surface area contributed by atoms with Crippen LogP contribution < -0.4 is 9.80 Å². The van der Waals surface area contributed by atoms with Crippen LogP contribution >= 0.6 is 0 Å². The van der Waals surface area contributed by atoms with Gasteiger partial charge in [0.2, 0.25) is 5.95 Å². The summed E-state index contributed by atoms with van der Waals surface area (Å²) in [5.41, 5.74) is 2.93. The van der Waals surface area contributed by atoms with E-state index < -0.39 is 0 Å². The predicted molar refractivity (Wildman–Crippen MR) is 95.2 cm³/mol. The molecule has 1 aromatic heterocycles. The van der Waals surface area contributed by atoms with Crippen LogP contribution in [0, 0.1) is 5.82 Å². The molecule has 0 aliphatic carbocycles. The van der Waals surface area contributed by atoms with Crippen molar-refractivity contribution in [3.8, 4) is 11.4 Å². The Balaban J connectivity index is 2.02. The van der Waals surface area contributed by atoms with Crippen molar-refractivity contribution in [1.29, 1.82) is 0 Å². The predicted octanol–water partition coefficient (Wildman–Crippen LogP) is 3.46. The Morgan fingerprint density at radius 3 is 2.25 bits per heavy atom. The Morgan fingerprint density at radius 2 is 1.58 bits per heavy atom. The zero-order chi connectivity index (χ0) is 17.3. The molecule has 0 saturated carbocycles. The lowest BCUT2D eigenvalue weighted by molar-refractivity contribution is 0.628. The van der Waals surface area contributed by atoms with Crippen molar-refractivity contribution in [2.75, 3.05) is 30.9 Å². The van der Waals surface area contributed by atoms with Gasteiger partial charge in [-0.25, -0.2) is 4.39 Å². The molecule has 0 atom stereocenters. The van der Waals surface area contributed by atoms with Crippen molar-refractivity contribution in [2.45, 2.75) is 0 Å². The number of hydrogen-bond acceptors (Lipinski definition) is 4. The summed E-state index contributed by atoms with van der Waals surface area (Å²) in [6.45, 7) is 0. The normalized spacial score (nSPS) is 10.7. The van der Waals surface area contributed by atoms with Crippen LogP contribution in [0.15, 0.2) is 48.5 Å². The van der Waals surface area contributed by atoms with Crippen molar-refractivity contribution in [3.63, 3.8) is 0 Å². The minimum atomic E-state index is -0.259. The van der Waals surface area contributed by atoms with Crippen LogP contribution in [0.3, 0.4) is 0 Å². The van der Waals surface area contributed by atoms with Gasteiger partial charge in [0.1, 0.15) is 5.82 Å². The van der Waals surface area contributed by atoms with Crippen LogP contribution in [-0.4, -0.2) is 35.9 Å². The number of halogens is 1.